The average Bonchev–Trinajstić information content (AvgIpc) is 2.44. The summed E-state index contributed by atoms with van der Waals surface area (Å²) < 4.78 is 1.75. The first kappa shape index (κ1) is 9.09. The van der Waals surface area contributed by atoms with Crippen molar-refractivity contribution in [2.75, 3.05) is 5.73 Å². The number of anilines is 1. The molecule has 1 aromatic carbocycles. The van der Waals surface area contributed by atoms with E-state index in [2.05, 4.69) is 11.7 Å². The Morgan fingerprint density at radius 2 is 2.36 bits per heavy atom. The molecule has 3 nitrogen and oxygen atoms in total. The molecule has 1 aromatic heterocycles. The maximum Gasteiger partial charge on any atom is 0.0943 e. The summed E-state index contributed by atoms with van der Waals surface area (Å²) >= 11 is 5.69. The molecule has 0 aliphatic rings. The van der Waals surface area contributed by atoms with Crippen molar-refractivity contribution in [3.05, 3.63) is 36.0 Å². The standard InChI is InChI=1S/C10H10ClN3/c1-7(11)5-14-6-8-2-3-9(12)4-10(8)13-14/h2-4,6H,1,5,12H2. The van der Waals surface area contributed by atoms with E-state index in [1.807, 2.05) is 24.4 Å². The highest BCUT2D eigenvalue weighted by Gasteiger charge is 2.00. The number of nitrogens with two attached hydrogens (primary N) is 1. The zero-order valence-corrected chi connectivity index (χ0v) is 8.33. The monoisotopic (exact) mass is 207 g/mol. The van der Waals surface area contributed by atoms with Crippen molar-refractivity contribution in [1.82, 2.24) is 9.78 Å². The molecule has 0 atom stereocenters. The normalized spacial score (nSPS) is 10.6. The third-order valence-electron chi connectivity index (χ3n) is 1.91. The van der Waals surface area contributed by atoms with Crippen LogP contribution in [0.5, 0.6) is 0 Å². The largest absolute Gasteiger partial charge is 0.399 e. The van der Waals surface area contributed by atoms with Gasteiger partial charge < -0.3 is 5.73 Å². The fraction of sp³-hybridized carbons (Fsp3) is 0.100. The van der Waals surface area contributed by atoms with Crippen LogP contribution in [0.1, 0.15) is 0 Å². The minimum atomic E-state index is 0.524. The van der Waals surface area contributed by atoms with Crippen LogP contribution in [-0.2, 0) is 6.54 Å². The second-order valence-corrected chi connectivity index (χ2v) is 3.70. The lowest BCUT2D eigenvalue weighted by Crippen LogP contribution is -1.96. The minimum absolute atomic E-state index is 0.524. The Morgan fingerprint density at radius 1 is 1.57 bits per heavy atom. The van der Waals surface area contributed by atoms with Crippen LogP contribution >= 0.6 is 11.6 Å². The molecule has 4 heteroatoms. The molecule has 0 saturated heterocycles. The van der Waals surface area contributed by atoms with Gasteiger partial charge in [-0.2, -0.15) is 5.10 Å². The highest BCUT2D eigenvalue weighted by molar-refractivity contribution is 6.29. The summed E-state index contributed by atoms with van der Waals surface area (Å²) in [4.78, 5) is 0. The predicted octanol–water partition coefficient (Wildman–Crippen LogP) is 2.37. The van der Waals surface area contributed by atoms with Crippen molar-refractivity contribution in [3.8, 4) is 0 Å². The molecular formula is C10H10ClN3. The first-order valence-electron chi connectivity index (χ1n) is 4.21. The second kappa shape index (κ2) is 3.35. The van der Waals surface area contributed by atoms with Crippen LogP contribution in [0, 0.1) is 0 Å². The van der Waals surface area contributed by atoms with Gasteiger partial charge in [0.2, 0.25) is 0 Å². The van der Waals surface area contributed by atoms with Crippen LogP contribution < -0.4 is 5.73 Å². The van der Waals surface area contributed by atoms with Crippen LogP contribution in [0.25, 0.3) is 10.9 Å². The lowest BCUT2D eigenvalue weighted by Gasteiger charge is -1.95. The maximum absolute atomic E-state index is 5.69. The second-order valence-electron chi connectivity index (χ2n) is 3.16. The topological polar surface area (TPSA) is 43.8 Å². The average molecular weight is 208 g/mol. The number of nitrogen functional groups attached to an aromatic ring is 1. The molecule has 0 aliphatic carbocycles. The molecular weight excluding hydrogens is 198 g/mol. The maximum atomic E-state index is 5.69. The minimum Gasteiger partial charge on any atom is -0.399 e. The van der Waals surface area contributed by atoms with Gasteiger partial charge in [-0.1, -0.05) is 18.2 Å². The third-order valence-corrected chi connectivity index (χ3v) is 2.03. The van der Waals surface area contributed by atoms with E-state index in [4.69, 9.17) is 17.3 Å². The van der Waals surface area contributed by atoms with Crippen molar-refractivity contribution >= 4 is 28.2 Å². The fourth-order valence-corrected chi connectivity index (χ4v) is 1.46. The van der Waals surface area contributed by atoms with Crippen LogP contribution in [0.3, 0.4) is 0 Å². The molecule has 0 saturated carbocycles. The Bertz CT molecular complexity index is 487. The summed E-state index contributed by atoms with van der Waals surface area (Å²) in [5, 5.41) is 5.92. The smallest absolute Gasteiger partial charge is 0.0943 e. The predicted molar refractivity (Wildman–Crippen MR) is 59.1 cm³/mol. The highest BCUT2D eigenvalue weighted by atomic mass is 35.5. The number of allylic oxidation sites excluding steroid dienone is 1. The quantitative estimate of drug-likeness (QED) is 0.769. The molecule has 0 radical (unpaired) electrons. The summed E-state index contributed by atoms with van der Waals surface area (Å²) in [5.74, 6) is 0. The van der Waals surface area contributed by atoms with Gasteiger partial charge in [-0.05, 0) is 18.2 Å². The van der Waals surface area contributed by atoms with Gasteiger partial charge in [-0.3, -0.25) is 4.68 Å². The molecule has 72 valence electrons. The number of benzene rings is 1. The first-order valence-corrected chi connectivity index (χ1v) is 4.59. The van der Waals surface area contributed by atoms with Gasteiger partial charge in [0, 0.05) is 22.3 Å². The van der Waals surface area contributed by atoms with Crippen molar-refractivity contribution in [2.24, 2.45) is 0 Å². The Hall–Kier alpha value is -1.48. The van der Waals surface area contributed by atoms with Gasteiger partial charge >= 0.3 is 0 Å². The lowest BCUT2D eigenvalue weighted by atomic mass is 10.2. The van der Waals surface area contributed by atoms with E-state index in [1.54, 1.807) is 4.68 Å². The van der Waals surface area contributed by atoms with E-state index in [1.165, 1.54) is 0 Å². The van der Waals surface area contributed by atoms with E-state index in [-0.39, 0.29) is 0 Å². The molecule has 1 heterocycles. The molecule has 0 spiro atoms. The van der Waals surface area contributed by atoms with Crippen LogP contribution in [0.4, 0.5) is 5.69 Å². The number of hydrogen-bond acceptors (Lipinski definition) is 2. The molecule has 0 unspecified atom stereocenters. The summed E-state index contributed by atoms with van der Waals surface area (Å²) in [6.07, 6.45) is 1.92. The number of hydrogen-bond donors (Lipinski definition) is 1. The van der Waals surface area contributed by atoms with E-state index >= 15 is 0 Å². The molecule has 14 heavy (non-hydrogen) atoms. The van der Waals surface area contributed by atoms with Crippen molar-refractivity contribution < 1.29 is 0 Å². The Labute approximate surface area is 86.8 Å². The summed E-state index contributed by atoms with van der Waals surface area (Å²) in [6.45, 7) is 4.14. The number of halogens is 1. The molecule has 2 rings (SSSR count). The summed E-state index contributed by atoms with van der Waals surface area (Å²) in [6, 6.07) is 5.62. The molecule has 0 aliphatic heterocycles. The van der Waals surface area contributed by atoms with Gasteiger partial charge in [0.15, 0.2) is 0 Å². The van der Waals surface area contributed by atoms with Gasteiger partial charge in [-0.25, -0.2) is 0 Å². The van der Waals surface area contributed by atoms with Crippen LogP contribution in [0.2, 0.25) is 0 Å². The van der Waals surface area contributed by atoms with E-state index < -0.39 is 0 Å². The zero-order valence-electron chi connectivity index (χ0n) is 7.57. The molecule has 0 bridgehead atoms. The first-order chi connectivity index (χ1) is 6.65. The molecule has 2 aromatic rings. The van der Waals surface area contributed by atoms with Crippen LogP contribution in [0.15, 0.2) is 36.0 Å². The Morgan fingerprint density at radius 3 is 3.07 bits per heavy atom. The van der Waals surface area contributed by atoms with E-state index in [9.17, 15) is 0 Å². The number of nitrogens with zero attached hydrogens (tertiary/aromatic N) is 2. The van der Waals surface area contributed by atoms with Gasteiger partial charge in [0.1, 0.15) is 0 Å². The number of aromatic nitrogens is 2. The Kier molecular flexibility index (Phi) is 2.17. The molecule has 0 amide bonds. The summed E-state index contributed by atoms with van der Waals surface area (Å²) in [5.41, 5.74) is 7.23. The highest BCUT2D eigenvalue weighted by Crippen LogP contribution is 2.16. The van der Waals surface area contributed by atoms with Crippen molar-refractivity contribution in [2.45, 2.75) is 6.54 Å². The zero-order chi connectivity index (χ0) is 10.1. The lowest BCUT2D eigenvalue weighted by molar-refractivity contribution is 0.705. The third kappa shape index (κ3) is 1.72. The molecule has 2 N–H and O–H groups in total. The number of fused-ring (bicyclic) bond motifs is 1. The van der Waals surface area contributed by atoms with Gasteiger partial charge in [0.05, 0.1) is 12.1 Å². The summed E-state index contributed by atoms with van der Waals surface area (Å²) in [7, 11) is 0. The van der Waals surface area contributed by atoms with E-state index in [0.29, 0.717) is 17.3 Å². The van der Waals surface area contributed by atoms with E-state index in [0.717, 1.165) is 10.9 Å². The van der Waals surface area contributed by atoms with Gasteiger partial charge in [-0.15, -0.1) is 0 Å². The van der Waals surface area contributed by atoms with Crippen molar-refractivity contribution in [3.63, 3.8) is 0 Å². The fourth-order valence-electron chi connectivity index (χ4n) is 1.34. The number of rotatable bonds is 2. The molecule has 0 fully saturated rings. The van der Waals surface area contributed by atoms with Gasteiger partial charge in [0.25, 0.3) is 0 Å². The van der Waals surface area contributed by atoms with Crippen LogP contribution in [-0.4, -0.2) is 9.78 Å². The Balaban J connectivity index is 2.46. The SMILES string of the molecule is C=C(Cl)Cn1cc2ccc(N)cc2n1. The van der Waals surface area contributed by atoms with Crippen molar-refractivity contribution in [1.29, 1.82) is 0 Å².